The highest BCUT2D eigenvalue weighted by Crippen LogP contribution is 2.54. The van der Waals surface area contributed by atoms with E-state index in [2.05, 4.69) is 59.0 Å². The number of hydrogen-bond acceptors (Lipinski definition) is 0. The number of hydrogen-bond donors (Lipinski definition) is 0. The van der Waals surface area contributed by atoms with E-state index in [1.807, 2.05) is 6.92 Å². The highest BCUT2D eigenvalue weighted by atomic mass is 127. The molecular formula is C10H17FI2. The van der Waals surface area contributed by atoms with Gasteiger partial charge in [-0.3, -0.25) is 0 Å². The second-order valence-electron chi connectivity index (χ2n) is 4.92. The van der Waals surface area contributed by atoms with Gasteiger partial charge < -0.3 is 0 Å². The van der Waals surface area contributed by atoms with Crippen LogP contribution in [0.2, 0.25) is 0 Å². The van der Waals surface area contributed by atoms with Crippen molar-refractivity contribution < 1.29 is 4.39 Å². The molecule has 0 aromatic carbocycles. The van der Waals surface area contributed by atoms with Gasteiger partial charge in [0.1, 0.15) is 6.67 Å². The zero-order chi connectivity index (χ0) is 10.3. The predicted octanol–water partition coefficient (Wildman–Crippen LogP) is 4.39. The van der Waals surface area contributed by atoms with Crippen molar-refractivity contribution in [2.24, 2.45) is 11.8 Å². The minimum atomic E-state index is -0.196. The summed E-state index contributed by atoms with van der Waals surface area (Å²) in [6, 6.07) is 0. The molecule has 0 aromatic heterocycles. The Morgan fingerprint density at radius 1 is 1.31 bits per heavy atom. The van der Waals surface area contributed by atoms with Crippen molar-refractivity contribution in [3.05, 3.63) is 0 Å². The van der Waals surface area contributed by atoms with Crippen molar-refractivity contribution in [1.82, 2.24) is 0 Å². The monoisotopic (exact) mass is 410 g/mol. The molecule has 1 aliphatic rings. The van der Waals surface area contributed by atoms with Gasteiger partial charge in [-0.2, -0.15) is 0 Å². The summed E-state index contributed by atoms with van der Waals surface area (Å²) < 4.78 is 12.8. The second kappa shape index (κ2) is 4.10. The van der Waals surface area contributed by atoms with Gasteiger partial charge in [0.25, 0.3) is 0 Å². The molecule has 3 heteroatoms. The van der Waals surface area contributed by atoms with Crippen molar-refractivity contribution in [2.75, 3.05) is 6.67 Å². The molecule has 0 heterocycles. The molecule has 0 nitrogen and oxygen atoms in total. The Kier molecular flexibility index (Phi) is 3.93. The van der Waals surface area contributed by atoms with Crippen LogP contribution in [0.4, 0.5) is 4.39 Å². The summed E-state index contributed by atoms with van der Waals surface area (Å²) in [7, 11) is 0. The Bertz CT molecular complexity index is 184. The van der Waals surface area contributed by atoms with Gasteiger partial charge >= 0.3 is 0 Å². The minimum Gasteiger partial charge on any atom is -0.250 e. The van der Waals surface area contributed by atoms with Gasteiger partial charge in [0.2, 0.25) is 0 Å². The summed E-state index contributed by atoms with van der Waals surface area (Å²) in [6.07, 6.45) is 2.34. The molecule has 78 valence electrons. The molecule has 1 rings (SSSR count). The van der Waals surface area contributed by atoms with E-state index in [-0.39, 0.29) is 10.1 Å². The van der Waals surface area contributed by atoms with Crippen LogP contribution in [-0.2, 0) is 0 Å². The first-order valence-corrected chi connectivity index (χ1v) is 6.86. The molecule has 0 aromatic rings. The van der Waals surface area contributed by atoms with Crippen LogP contribution in [-0.4, -0.2) is 13.5 Å². The quantitative estimate of drug-likeness (QED) is 0.477. The van der Waals surface area contributed by atoms with E-state index in [0.717, 1.165) is 18.3 Å². The van der Waals surface area contributed by atoms with Crippen LogP contribution in [0, 0.1) is 11.8 Å². The first kappa shape index (κ1) is 12.5. The summed E-state index contributed by atoms with van der Waals surface area (Å²) in [5.74, 6) is 1.58. The van der Waals surface area contributed by atoms with Crippen LogP contribution >= 0.6 is 45.2 Å². The van der Waals surface area contributed by atoms with Gasteiger partial charge in [0, 0.05) is 6.84 Å². The van der Waals surface area contributed by atoms with Gasteiger partial charge in [-0.1, -0.05) is 59.0 Å². The van der Waals surface area contributed by atoms with Crippen molar-refractivity contribution in [2.45, 2.75) is 40.5 Å². The van der Waals surface area contributed by atoms with E-state index >= 15 is 0 Å². The zero-order valence-electron chi connectivity index (χ0n) is 8.41. The van der Waals surface area contributed by atoms with E-state index in [1.54, 1.807) is 0 Å². The van der Waals surface area contributed by atoms with Crippen LogP contribution in [0.15, 0.2) is 0 Å². The van der Waals surface area contributed by atoms with E-state index < -0.39 is 0 Å². The summed E-state index contributed by atoms with van der Waals surface area (Å²) in [5, 5.41) is 0. The molecule has 0 amide bonds. The Labute approximate surface area is 108 Å². The lowest BCUT2D eigenvalue weighted by atomic mass is 10.0. The van der Waals surface area contributed by atoms with Gasteiger partial charge in [-0.05, 0) is 31.6 Å². The van der Waals surface area contributed by atoms with E-state index in [9.17, 15) is 4.39 Å². The lowest BCUT2D eigenvalue weighted by molar-refractivity contribution is 0.390. The van der Waals surface area contributed by atoms with Crippen LogP contribution in [0.1, 0.15) is 33.6 Å². The average molecular weight is 410 g/mol. The van der Waals surface area contributed by atoms with E-state index in [4.69, 9.17) is 0 Å². The number of rotatable bonds is 4. The maximum absolute atomic E-state index is 12.6. The lowest BCUT2D eigenvalue weighted by Gasteiger charge is -2.21. The summed E-state index contributed by atoms with van der Waals surface area (Å²) in [4.78, 5) is 0. The normalized spacial score (nSPS) is 32.8. The van der Waals surface area contributed by atoms with Crippen LogP contribution in [0.3, 0.4) is 0 Å². The minimum absolute atomic E-state index is 0.126. The van der Waals surface area contributed by atoms with Gasteiger partial charge in [0.05, 0.1) is 0 Å². The van der Waals surface area contributed by atoms with Crippen LogP contribution in [0.25, 0.3) is 0 Å². The number of halogens is 3. The highest BCUT2D eigenvalue weighted by Gasteiger charge is 2.48. The molecule has 3 atom stereocenters. The number of alkyl halides is 3. The van der Waals surface area contributed by atoms with Gasteiger partial charge in [0.15, 0.2) is 0 Å². The third kappa shape index (κ3) is 3.80. The SMILES string of the molecule is CC(I)(CF)CC1CC1C(C)(C)I. The molecule has 1 fully saturated rings. The van der Waals surface area contributed by atoms with Crippen molar-refractivity contribution in [1.29, 1.82) is 0 Å². The largest absolute Gasteiger partial charge is 0.250 e. The molecule has 0 bridgehead atoms. The van der Waals surface area contributed by atoms with E-state index in [0.29, 0.717) is 3.42 Å². The first-order valence-electron chi connectivity index (χ1n) is 4.70. The highest BCUT2D eigenvalue weighted by molar-refractivity contribution is 14.1. The smallest absolute Gasteiger partial charge is 0.104 e. The predicted molar refractivity (Wildman–Crippen MR) is 72.7 cm³/mol. The summed E-state index contributed by atoms with van der Waals surface area (Å²) >= 11 is 4.77. The van der Waals surface area contributed by atoms with Crippen molar-refractivity contribution in [3.8, 4) is 0 Å². The zero-order valence-corrected chi connectivity index (χ0v) is 12.7. The molecular weight excluding hydrogens is 393 g/mol. The third-order valence-corrected chi connectivity index (χ3v) is 4.30. The molecule has 0 N–H and O–H groups in total. The fraction of sp³-hybridized carbons (Fsp3) is 1.00. The topological polar surface area (TPSA) is 0 Å². The van der Waals surface area contributed by atoms with Crippen molar-refractivity contribution in [3.63, 3.8) is 0 Å². The Hall–Kier alpha value is 1.39. The average Bonchev–Trinajstić information content (AvgIpc) is 2.65. The van der Waals surface area contributed by atoms with Crippen LogP contribution < -0.4 is 0 Å². The summed E-state index contributed by atoms with van der Waals surface area (Å²) in [5.41, 5.74) is 0. The molecule has 1 saturated carbocycles. The fourth-order valence-corrected chi connectivity index (χ4v) is 3.24. The molecule has 0 radical (unpaired) electrons. The maximum atomic E-state index is 12.6. The Balaban J connectivity index is 2.37. The Morgan fingerprint density at radius 3 is 2.15 bits per heavy atom. The Morgan fingerprint density at radius 2 is 1.85 bits per heavy atom. The third-order valence-electron chi connectivity index (χ3n) is 2.77. The van der Waals surface area contributed by atoms with Crippen molar-refractivity contribution >= 4 is 45.2 Å². The molecule has 0 saturated heterocycles. The first-order chi connectivity index (χ1) is 5.76. The molecule has 1 aliphatic carbocycles. The molecule has 3 unspecified atom stereocenters. The summed E-state index contributed by atoms with van der Waals surface area (Å²) in [6.45, 7) is 6.37. The fourth-order valence-electron chi connectivity index (χ4n) is 1.92. The maximum Gasteiger partial charge on any atom is 0.104 e. The molecule has 0 spiro atoms. The van der Waals surface area contributed by atoms with Crippen LogP contribution in [0.5, 0.6) is 0 Å². The van der Waals surface area contributed by atoms with E-state index in [1.165, 1.54) is 6.42 Å². The molecule has 0 aliphatic heterocycles. The second-order valence-corrected chi connectivity index (χ2v) is 10.3. The van der Waals surface area contributed by atoms with Gasteiger partial charge in [-0.15, -0.1) is 0 Å². The lowest BCUT2D eigenvalue weighted by Crippen LogP contribution is -2.21. The van der Waals surface area contributed by atoms with Gasteiger partial charge in [-0.25, -0.2) is 4.39 Å². The standard InChI is InChI=1S/C10H17FI2/c1-9(2,12)8-4-7(8)5-10(3,13)6-11/h7-8H,4-6H2,1-3H3. The molecule has 13 heavy (non-hydrogen) atoms.